The first-order valence-corrected chi connectivity index (χ1v) is 7.42. The molecule has 132 valence electrons. The van der Waals surface area contributed by atoms with E-state index in [4.69, 9.17) is 9.47 Å². The largest absolute Gasteiger partial charge is 0.493 e. The normalized spacial score (nSPS) is 10.1. The molecule has 7 heteroatoms. The number of hydrogen-bond acceptors (Lipinski definition) is 4. The fourth-order valence-corrected chi connectivity index (χ4v) is 2.20. The van der Waals surface area contributed by atoms with Crippen LogP contribution in [-0.4, -0.2) is 45.0 Å². The number of nitrogens with one attached hydrogen (secondary N) is 1. The van der Waals surface area contributed by atoms with E-state index in [2.05, 4.69) is 5.32 Å². The van der Waals surface area contributed by atoms with Gasteiger partial charge in [-0.05, 0) is 30.3 Å². The van der Waals surface area contributed by atoms with Gasteiger partial charge in [-0.15, -0.1) is 0 Å². The molecule has 6 nitrogen and oxygen atoms in total. The third-order valence-corrected chi connectivity index (χ3v) is 3.51. The number of ether oxygens (including phenoxy) is 2. The fourth-order valence-electron chi connectivity index (χ4n) is 2.20. The number of rotatable bonds is 5. The Labute approximate surface area is 145 Å². The summed E-state index contributed by atoms with van der Waals surface area (Å²) in [6, 6.07) is 8.11. The molecule has 0 aliphatic carbocycles. The Morgan fingerprint density at radius 2 is 1.56 bits per heavy atom. The van der Waals surface area contributed by atoms with Crippen molar-refractivity contribution in [2.75, 3.05) is 33.6 Å². The number of methoxy groups -OCH3 is 2. The smallest absolute Gasteiger partial charge is 0.255 e. The van der Waals surface area contributed by atoms with E-state index < -0.39 is 11.7 Å². The fraction of sp³-hybridized carbons (Fsp3) is 0.222. The predicted molar refractivity (Wildman–Crippen MR) is 91.9 cm³/mol. The highest BCUT2D eigenvalue weighted by Gasteiger charge is 2.20. The molecular weight excluding hydrogens is 327 g/mol. The van der Waals surface area contributed by atoms with Gasteiger partial charge in [-0.1, -0.05) is 0 Å². The van der Waals surface area contributed by atoms with Crippen molar-refractivity contribution in [1.82, 2.24) is 4.90 Å². The number of hydrogen-bond donors (Lipinski definition) is 1. The lowest BCUT2D eigenvalue weighted by Crippen LogP contribution is -2.24. The molecule has 0 fully saturated rings. The number of amides is 2. The van der Waals surface area contributed by atoms with Crippen molar-refractivity contribution in [3.05, 3.63) is 53.3 Å². The average Bonchev–Trinajstić information content (AvgIpc) is 2.61. The van der Waals surface area contributed by atoms with Crippen LogP contribution in [0.15, 0.2) is 36.4 Å². The van der Waals surface area contributed by atoms with Crippen molar-refractivity contribution in [2.45, 2.75) is 0 Å². The molecule has 0 radical (unpaired) electrons. The van der Waals surface area contributed by atoms with Gasteiger partial charge < -0.3 is 19.7 Å². The van der Waals surface area contributed by atoms with Crippen molar-refractivity contribution in [3.63, 3.8) is 0 Å². The van der Waals surface area contributed by atoms with Gasteiger partial charge in [-0.25, -0.2) is 4.39 Å². The molecule has 25 heavy (non-hydrogen) atoms. The molecule has 0 bridgehead atoms. The standard InChI is InChI=1S/C18H19FN2O4/c1-21(2)18(23)13-9-15(24-3)16(25-4)10-14(13)20-17(22)11-5-7-12(19)8-6-11/h5-10H,1-4H3,(H,20,22). The van der Waals surface area contributed by atoms with Crippen LogP contribution in [0.3, 0.4) is 0 Å². The first kappa shape index (κ1) is 18.3. The van der Waals surface area contributed by atoms with Crippen molar-refractivity contribution >= 4 is 17.5 Å². The Kier molecular flexibility index (Phi) is 5.59. The van der Waals surface area contributed by atoms with E-state index in [0.29, 0.717) is 11.5 Å². The summed E-state index contributed by atoms with van der Waals surface area (Å²) in [7, 11) is 6.12. The molecule has 1 N–H and O–H groups in total. The molecular formula is C18H19FN2O4. The molecule has 0 aliphatic rings. The summed E-state index contributed by atoms with van der Waals surface area (Å²) in [5.74, 6) is -0.485. The van der Waals surface area contributed by atoms with Crippen LogP contribution in [0.2, 0.25) is 0 Å². The second-order valence-electron chi connectivity index (χ2n) is 5.41. The van der Waals surface area contributed by atoms with E-state index in [9.17, 15) is 14.0 Å². The monoisotopic (exact) mass is 346 g/mol. The number of halogens is 1. The van der Waals surface area contributed by atoms with E-state index >= 15 is 0 Å². The van der Waals surface area contributed by atoms with Gasteiger partial charge in [-0.2, -0.15) is 0 Å². The van der Waals surface area contributed by atoms with Gasteiger partial charge in [0, 0.05) is 25.7 Å². The van der Waals surface area contributed by atoms with E-state index in [1.807, 2.05) is 0 Å². The number of carbonyl (C=O) groups is 2. The second kappa shape index (κ2) is 7.65. The van der Waals surface area contributed by atoms with Crippen LogP contribution in [0.25, 0.3) is 0 Å². The van der Waals surface area contributed by atoms with E-state index in [0.717, 1.165) is 0 Å². The zero-order chi connectivity index (χ0) is 18.6. The van der Waals surface area contributed by atoms with Crippen molar-refractivity contribution in [1.29, 1.82) is 0 Å². The van der Waals surface area contributed by atoms with E-state index in [1.54, 1.807) is 14.1 Å². The Bertz CT molecular complexity index is 788. The van der Waals surface area contributed by atoms with Crippen molar-refractivity contribution in [3.8, 4) is 11.5 Å². The summed E-state index contributed by atoms with van der Waals surface area (Å²) >= 11 is 0. The molecule has 0 aliphatic heterocycles. The quantitative estimate of drug-likeness (QED) is 0.904. The molecule has 0 aromatic heterocycles. The number of benzene rings is 2. The van der Waals surface area contributed by atoms with Crippen LogP contribution in [0, 0.1) is 5.82 Å². The second-order valence-corrected chi connectivity index (χ2v) is 5.41. The van der Waals surface area contributed by atoms with Gasteiger partial charge in [0.05, 0.1) is 25.5 Å². The van der Waals surface area contributed by atoms with Crippen LogP contribution in [-0.2, 0) is 0 Å². The Balaban J connectivity index is 2.45. The summed E-state index contributed by atoms with van der Waals surface area (Å²) in [6.07, 6.45) is 0. The van der Waals surface area contributed by atoms with E-state index in [-0.39, 0.29) is 22.7 Å². The average molecular weight is 346 g/mol. The Morgan fingerprint density at radius 3 is 2.08 bits per heavy atom. The summed E-state index contributed by atoms with van der Waals surface area (Å²) in [6.45, 7) is 0. The minimum Gasteiger partial charge on any atom is -0.493 e. The lowest BCUT2D eigenvalue weighted by molar-refractivity contribution is 0.0828. The van der Waals surface area contributed by atoms with Crippen molar-refractivity contribution in [2.24, 2.45) is 0 Å². The molecule has 0 heterocycles. The third-order valence-electron chi connectivity index (χ3n) is 3.51. The number of carbonyl (C=O) groups excluding carboxylic acids is 2. The van der Waals surface area contributed by atoms with Crippen LogP contribution in [0.5, 0.6) is 11.5 Å². The molecule has 2 amide bonds. The molecule has 0 unspecified atom stereocenters. The first-order chi connectivity index (χ1) is 11.9. The highest BCUT2D eigenvalue weighted by molar-refractivity contribution is 6.09. The minimum absolute atomic E-state index is 0.248. The summed E-state index contributed by atoms with van der Waals surface area (Å²) in [4.78, 5) is 26.2. The van der Waals surface area contributed by atoms with Gasteiger partial charge in [0.15, 0.2) is 11.5 Å². The number of nitrogens with zero attached hydrogens (tertiary/aromatic N) is 1. The Hall–Kier alpha value is -3.09. The van der Waals surface area contributed by atoms with E-state index in [1.165, 1.54) is 55.5 Å². The topological polar surface area (TPSA) is 67.9 Å². The first-order valence-electron chi connectivity index (χ1n) is 7.42. The Morgan fingerprint density at radius 1 is 1.00 bits per heavy atom. The molecule has 0 atom stereocenters. The maximum atomic E-state index is 13.0. The number of anilines is 1. The van der Waals surface area contributed by atoms with Crippen LogP contribution in [0.1, 0.15) is 20.7 Å². The van der Waals surface area contributed by atoms with Gasteiger partial charge in [0.2, 0.25) is 0 Å². The van der Waals surface area contributed by atoms with Gasteiger partial charge >= 0.3 is 0 Å². The highest BCUT2D eigenvalue weighted by atomic mass is 19.1. The van der Waals surface area contributed by atoms with Crippen LogP contribution in [0.4, 0.5) is 10.1 Å². The van der Waals surface area contributed by atoms with Gasteiger partial charge in [0.1, 0.15) is 5.82 Å². The van der Waals surface area contributed by atoms with Crippen LogP contribution < -0.4 is 14.8 Å². The molecule has 2 rings (SSSR count). The molecule has 0 saturated carbocycles. The van der Waals surface area contributed by atoms with Crippen molar-refractivity contribution < 1.29 is 23.5 Å². The van der Waals surface area contributed by atoms with Gasteiger partial charge in [0.25, 0.3) is 11.8 Å². The minimum atomic E-state index is -0.472. The maximum absolute atomic E-state index is 13.0. The molecule has 2 aromatic rings. The predicted octanol–water partition coefficient (Wildman–Crippen LogP) is 2.80. The maximum Gasteiger partial charge on any atom is 0.255 e. The van der Waals surface area contributed by atoms with Gasteiger partial charge in [-0.3, -0.25) is 9.59 Å². The zero-order valence-electron chi connectivity index (χ0n) is 14.4. The summed E-state index contributed by atoms with van der Waals surface area (Å²) in [5, 5.41) is 2.66. The third kappa shape index (κ3) is 4.06. The SMILES string of the molecule is COc1cc(NC(=O)c2ccc(F)cc2)c(C(=O)N(C)C)cc1OC. The lowest BCUT2D eigenvalue weighted by atomic mass is 10.1. The highest BCUT2D eigenvalue weighted by Crippen LogP contribution is 2.34. The zero-order valence-corrected chi connectivity index (χ0v) is 14.4. The molecule has 0 saturated heterocycles. The van der Waals surface area contributed by atoms with Crippen LogP contribution >= 0.6 is 0 Å². The lowest BCUT2D eigenvalue weighted by Gasteiger charge is -2.18. The summed E-state index contributed by atoms with van der Waals surface area (Å²) < 4.78 is 23.4. The molecule has 2 aromatic carbocycles. The summed E-state index contributed by atoms with van der Waals surface area (Å²) in [5.41, 5.74) is 0.781. The molecule has 0 spiro atoms.